The van der Waals surface area contributed by atoms with Crippen LogP contribution in [-0.2, 0) is 4.79 Å². The lowest BCUT2D eigenvalue weighted by Gasteiger charge is -2.31. The molecule has 148 valence electrons. The van der Waals surface area contributed by atoms with Crippen molar-refractivity contribution >= 4 is 17.5 Å². The van der Waals surface area contributed by atoms with Gasteiger partial charge in [-0.15, -0.1) is 0 Å². The molecule has 1 N–H and O–H groups in total. The number of hydrogen-bond donors (Lipinski definition) is 1. The number of ether oxygens (including phenoxy) is 2. The fourth-order valence-corrected chi connectivity index (χ4v) is 3.27. The number of benzene rings is 2. The van der Waals surface area contributed by atoms with Crippen molar-refractivity contribution in [1.82, 2.24) is 4.90 Å². The largest absolute Gasteiger partial charge is 0.493 e. The van der Waals surface area contributed by atoms with E-state index in [0.29, 0.717) is 48.7 Å². The topological polar surface area (TPSA) is 67.9 Å². The summed E-state index contributed by atoms with van der Waals surface area (Å²) in [4.78, 5) is 26.9. The van der Waals surface area contributed by atoms with E-state index >= 15 is 0 Å². The third-order valence-corrected chi connectivity index (χ3v) is 4.90. The lowest BCUT2D eigenvalue weighted by Crippen LogP contribution is -2.41. The average molecular weight is 386 g/mol. The summed E-state index contributed by atoms with van der Waals surface area (Å²) in [5.41, 5.74) is 1.09. The molecule has 0 bridgehead atoms. The van der Waals surface area contributed by atoms with Crippen LogP contribution < -0.4 is 14.8 Å². The quantitative estimate of drug-likeness (QED) is 0.856. The van der Waals surface area contributed by atoms with E-state index in [2.05, 4.69) is 5.32 Å². The zero-order chi connectivity index (χ0) is 20.1. The summed E-state index contributed by atoms with van der Waals surface area (Å²) in [6.45, 7) is 0.989. The number of carbonyl (C=O) groups is 2. The van der Waals surface area contributed by atoms with Gasteiger partial charge in [0.15, 0.2) is 11.5 Å². The van der Waals surface area contributed by atoms with Crippen molar-refractivity contribution in [1.29, 1.82) is 0 Å². The first-order valence-corrected chi connectivity index (χ1v) is 9.09. The summed E-state index contributed by atoms with van der Waals surface area (Å²) in [7, 11) is 3.07. The zero-order valence-corrected chi connectivity index (χ0v) is 15.9. The summed E-state index contributed by atoms with van der Waals surface area (Å²) in [6, 6.07) is 10.7. The van der Waals surface area contributed by atoms with Gasteiger partial charge in [0.05, 0.1) is 14.2 Å². The highest BCUT2D eigenvalue weighted by molar-refractivity contribution is 5.96. The maximum Gasteiger partial charge on any atom is 0.253 e. The molecule has 0 unspecified atom stereocenters. The van der Waals surface area contributed by atoms with Crippen LogP contribution in [0.4, 0.5) is 10.1 Å². The Morgan fingerprint density at radius 3 is 2.25 bits per heavy atom. The van der Waals surface area contributed by atoms with Crippen molar-refractivity contribution in [3.63, 3.8) is 0 Å². The van der Waals surface area contributed by atoms with Crippen molar-refractivity contribution in [3.05, 3.63) is 53.8 Å². The first-order chi connectivity index (χ1) is 13.5. The third-order valence-electron chi connectivity index (χ3n) is 4.90. The molecule has 1 heterocycles. The molecule has 2 amide bonds. The third kappa shape index (κ3) is 4.42. The summed E-state index contributed by atoms with van der Waals surface area (Å²) < 4.78 is 23.4. The van der Waals surface area contributed by atoms with Crippen LogP contribution in [0.2, 0.25) is 0 Å². The molecule has 2 aromatic rings. The maximum atomic E-state index is 13.0. The van der Waals surface area contributed by atoms with Gasteiger partial charge in [-0.2, -0.15) is 0 Å². The molecule has 3 rings (SSSR count). The summed E-state index contributed by atoms with van der Waals surface area (Å²) in [5, 5.41) is 2.80. The Kier molecular flexibility index (Phi) is 6.13. The Hall–Kier alpha value is -3.09. The fraction of sp³-hybridized carbons (Fsp3) is 0.333. The van der Waals surface area contributed by atoms with Crippen LogP contribution in [0.5, 0.6) is 11.5 Å². The Morgan fingerprint density at radius 2 is 1.64 bits per heavy atom. The van der Waals surface area contributed by atoms with E-state index in [-0.39, 0.29) is 23.5 Å². The number of nitrogens with one attached hydrogen (secondary N) is 1. The molecule has 1 aliphatic rings. The van der Waals surface area contributed by atoms with Gasteiger partial charge in [0.25, 0.3) is 5.91 Å². The Bertz CT molecular complexity index is 846. The van der Waals surface area contributed by atoms with Crippen molar-refractivity contribution in [3.8, 4) is 11.5 Å². The molecule has 28 heavy (non-hydrogen) atoms. The van der Waals surface area contributed by atoms with Crippen LogP contribution in [-0.4, -0.2) is 44.0 Å². The monoisotopic (exact) mass is 386 g/mol. The molecule has 0 radical (unpaired) electrons. The second-order valence-corrected chi connectivity index (χ2v) is 6.63. The van der Waals surface area contributed by atoms with Crippen LogP contribution >= 0.6 is 0 Å². The molecule has 0 spiro atoms. The molecule has 6 nitrogen and oxygen atoms in total. The lowest BCUT2D eigenvalue weighted by atomic mass is 9.95. The Balaban J connectivity index is 1.58. The number of anilines is 1. The molecule has 7 heteroatoms. The number of carbonyl (C=O) groups excluding carboxylic acids is 2. The molecular weight excluding hydrogens is 363 g/mol. The van der Waals surface area contributed by atoms with Gasteiger partial charge in [-0.25, -0.2) is 4.39 Å². The molecule has 1 aliphatic heterocycles. The second kappa shape index (κ2) is 8.73. The summed E-state index contributed by atoms with van der Waals surface area (Å²) >= 11 is 0. The highest BCUT2D eigenvalue weighted by Gasteiger charge is 2.28. The van der Waals surface area contributed by atoms with Gasteiger partial charge in [-0.3, -0.25) is 9.59 Å². The second-order valence-electron chi connectivity index (χ2n) is 6.63. The van der Waals surface area contributed by atoms with Crippen molar-refractivity contribution in [2.24, 2.45) is 5.92 Å². The van der Waals surface area contributed by atoms with Gasteiger partial charge in [0.2, 0.25) is 5.91 Å². The standard InChI is InChI=1S/C21H23FN2O4/c1-27-18-8-3-15(13-19(18)28-2)21(26)24-11-9-14(10-12-24)20(25)23-17-6-4-16(22)5-7-17/h3-8,13-14H,9-12H2,1-2H3,(H,23,25). The predicted octanol–water partition coefficient (Wildman–Crippen LogP) is 3.33. The molecule has 2 aromatic carbocycles. The van der Waals surface area contributed by atoms with E-state index in [1.54, 1.807) is 30.2 Å². The Labute approximate surface area is 163 Å². The van der Waals surface area contributed by atoms with Gasteiger partial charge in [0.1, 0.15) is 5.82 Å². The van der Waals surface area contributed by atoms with Gasteiger partial charge < -0.3 is 19.7 Å². The smallest absolute Gasteiger partial charge is 0.253 e. The number of methoxy groups -OCH3 is 2. The number of likely N-dealkylation sites (tertiary alicyclic amines) is 1. The molecule has 1 fully saturated rings. The number of nitrogens with zero attached hydrogens (tertiary/aromatic N) is 1. The average Bonchev–Trinajstić information content (AvgIpc) is 2.74. The van der Waals surface area contributed by atoms with Gasteiger partial charge in [0, 0.05) is 30.3 Å². The van der Waals surface area contributed by atoms with Crippen LogP contribution in [0.25, 0.3) is 0 Å². The van der Waals surface area contributed by atoms with Crippen molar-refractivity contribution < 1.29 is 23.5 Å². The molecule has 0 saturated carbocycles. The number of halogens is 1. The van der Waals surface area contributed by atoms with Gasteiger partial charge in [-0.05, 0) is 55.3 Å². The van der Waals surface area contributed by atoms with E-state index in [0.717, 1.165) is 0 Å². The highest BCUT2D eigenvalue weighted by Crippen LogP contribution is 2.29. The van der Waals surface area contributed by atoms with E-state index in [1.807, 2.05) is 0 Å². The van der Waals surface area contributed by atoms with Gasteiger partial charge >= 0.3 is 0 Å². The maximum absolute atomic E-state index is 13.0. The molecule has 1 saturated heterocycles. The van der Waals surface area contributed by atoms with E-state index in [9.17, 15) is 14.0 Å². The fourth-order valence-electron chi connectivity index (χ4n) is 3.27. The van der Waals surface area contributed by atoms with E-state index < -0.39 is 0 Å². The Morgan fingerprint density at radius 1 is 1.00 bits per heavy atom. The number of piperidine rings is 1. The van der Waals surface area contributed by atoms with Crippen LogP contribution in [0.3, 0.4) is 0 Å². The van der Waals surface area contributed by atoms with Crippen LogP contribution in [0.15, 0.2) is 42.5 Å². The molecular formula is C21H23FN2O4. The summed E-state index contributed by atoms with van der Waals surface area (Å²) in [5.74, 6) is 0.333. The number of hydrogen-bond acceptors (Lipinski definition) is 4. The van der Waals surface area contributed by atoms with Gasteiger partial charge in [-0.1, -0.05) is 0 Å². The molecule has 0 aliphatic carbocycles. The van der Waals surface area contributed by atoms with Crippen LogP contribution in [0.1, 0.15) is 23.2 Å². The minimum absolute atomic E-state index is 0.0988. The molecule has 0 atom stereocenters. The SMILES string of the molecule is COc1ccc(C(=O)N2CCC(C(=O)Nc3ccc(F)cc3)CC2)cc1OC. The van der Waals surface area contributed by atoms with E-state index in [1.165, 1.54) is 31.4 Å². The lowest BCUT2D eigenvalue weighted by molar-refractivity contribution is -0.121. The van der Waals surface area contributed by atoms with Crippen LogP contribution in [0, 0.1) is 11.7 Å². The first-order valence-electron chi connectivity index (χ1n) is 9.09. The highest BCUT2D eigenvalue weighted by atomic mass is 19.1. The van der Waals surface area contributed by atoms with Crippen molar-refractivity contribution in [2.75, 3.05) is 32.6 Å². The summed E-state index contributed by atoms with van der Waals surface area (Å²) in [6.07, 6.45) is 1.15. The first kappa shape index (κ1) is 19.7. The number of rotatable bonds is 5. The van der Waals surface area contributed by atoms with E-state index in [4.69, 9.17) is 9.47 Å². The minimum atomic E-state index is -0.347. The predicted molar refractivity (Wildman–Crippen MR) is 103 cm³/mol. The zero-order valence-electron chi connectivity index (χ0n) is 15.9. The minimum Gasteiger partial charge on any atom is -0.493 e. The molecule has 0 aromatic heterocycles. The normalized spacial score (nSPS) is 14.5. The van der Waals surface area contributed by atoms with Crippen molar-refractivity contribution in [2.45, 2.75) is 12.8 Å². The number of amides is 2.